The molecule has 7 aromatic carbocycles. The van der Waals surface area contributed by atoms with Crippen molar-refractivity contribution < 1.29 is 31.1 Å². The van der Waals surface area contributed by atoms with Crippen LogP contribution in [0.5, 0.6) is 11.5 Å². The Bertz CT molecular complexity index is 5660. The highest BCUT2D eigenvalue weighted by Gasteiger charge is 2.17. The van der Waals surface area contributed by atoms with Crippen LogP contribution < -0.4 is 59.8 Å². The lowest BCUT2D eigenvalue weighted by Gasteiger charge is -2.10. The molecule has 0 spiro atoms. The fourth-order valence-electron chi connectivity index (χ4n) is 10.8. The number of rotatable bonds is 19. The van der Waals surface area contributed by atoms with Crippen molar-refractivity contribution in [1.29, 1.82) is 0 Å². The van der Waals surface area contributed by atoms with E-state index in [1.54, 1.807) is 75.8 Å². The van der Waals surface area contributed by atoms with Gasteiger partial charge in [-0.15, -0.1) is 0 Å². The van der Waals surface area contributed by atoms with Gasteiger partial charge in [-0.05, 0) is 147 Å². The molecule has 34 heteroatoms. The molecule has 0 saturated carbocycles. The summed E-state index contributed by atoms with van der Waals surface area (Å²) in [6, 6.07) is 49.3. The van der Waals surface area contributed by atoms with Gasteiger partial charge in [0, 0.05) is 123 Å². The zero-order chi connectivity index (χ0) is 83.6. The molecule has 13 rings (SSSR count). The van der Waals surface area contributed by atoms with Gasteiger partial charge in [0.05, 0.1) is 63.3 Å². The Hall–Kier alpha value is -12.0. The molecule has 13 aromatic rings. The molecule has 0 fully saturated rings. The van der Waals surface area contributed by atoms with Crippen LogP contribution in [-0.4, -0.2) is 109 Å². The van der Waals surface area contributed by atoms with Gasteiger partial charge in [-0.2, -0.15) is 15.0 Å². The Morgan fingerprint density at radius 3 is 1.37 bits per heavy atom. The molecular formula is C81H83Cl5F3N21O4S. The van der Waals surface area contributed by atoms with Gasteiger partial charge in [0.25, 0.3) is 0 Å². The molecule has 15 N–H and O–H groups in total. The standard InChI is InChI=1S/C20H20Cl2N4O2S.C13H14ClN3O.C13H14ClN3.C12H12ClN3.C12H13FN4O.C11H10F2N4/c1-29(27,28)14-7-2-5-13(11-14)6-4-10-24-18-12-17(25-20(23)26-18)15-8-3-9-16(21)19(15)22;1-3-9-7-11(17-13(15)16-9)10-6-8(14)4-5-12(10)18-2;1-3-10-7-12(17-13(15)16-10)11-6-9(14)5-4-8(11)2;1-2-8-7-11(16-12(14)15-8)9-5-3-4-6-10(9)13;1-15-11-6-9(16-12(14)17-11)8-4-3-7(13)5-10(8)18-2;1-15-10-5-9(16-11(14)17-10)7-3-2-6(12)4-8(7)13/h2-3,5,7-9,11-12H,4,6,10H2,1H3,(H3,23,24,25,26);4-7H,3H2,1-2H3,(H2,15,16,17);4-7H,3H2,1-2H3,(H2,15,16,17);3-7H,2H2,1H3,(H2,14,15,16);3-6H,1-2H3,(H3,14,15,16,17);2-5H,1H3,(H3,14,15,16,17). The zero-order valence-corrected chi connectivity index (χ0v) is 68.5. The third-order valence-corrected chi connectivity index (χ3v) is 19.2. The van der Waals surface area contributed by atoms with Crippen molar-refractivity contribution in [2.24, 2.45) is 0 Å². The van der Waals surface area contributed by atoms with Crippen molar-refractivity contribution in [3.63, 3.8) is 0 Å². The van der Waals surface area contributed by atoms with Gasteiger partial charge in [-0.1, -0.05) is 127 Å². The first-order valence-electron chi connectivity index (χ1n) is 35.2. The molecule has 0 radical (unpaired) electrons. The predicted molar refractivity (Wildman–Crippen MR) is 458 cm³/mol. The van der Waals surface area contributed by atoms with Crippen molar-refractivity contribution in [2.75, 3.05) is 91.5 Å². The molecular weight excluding hydrogens is 1600 g/mol. The molecule has 115 heavy (non-hydrogen) atoms. The number of methoxy groups -OCH3 is 2. The summed E-state index contributed by atoms with van der Waals surface area (Å²) in [6.45, 7) is 8.73. The highest BCUT2D eigenvalue weighted by Crippen LogP contribution is 2.36. The monoisotopic (exact) mass is 1680 g/mol. The maximum Gasteiger partial charge on any atom is 0.222 e. The quantitative estimate of drug-likeness (QED) is 0.0340. The lowest BCUT2D eigenvalue weighted by Crippen LogP contribution is -2.07. The summed E-state index contributed by atoms with van der Waals surface area (Å²) < 4.78 is 73.2. The van der Waals surface area contributed by atoms with E-state index in [1.807, 2.05) is 113 Å². The Kier molecular flexibility index (Phi) is 32.5. The van der Waals surface area contributed by atoms with E-state index < -0.39 is 21.5 Å². The van der Waals surface area contributed by atoms with E-state index in [1.165, 1.54) is 37.6 Å². The summed E-state index contributed by atoms with van der Waals surface area (Å²) in [5, 5.41) is 11.7. The average Bonchev–Trinajstić information content (AvgIpc) is 0.826. The Morgan fingerprint density at radius 2 is 0.843 bits per heavy atom. The number of nitrogens with two attached hydrogens (primary N) is 6. The second-order valence-electron chi connectivity index (χ2n) is 24.7. The van der Waals surface area contributed by atoms with Gasteiger partial charge in [-0.25, -0.2) is 66.4 Å². The molecule has 0 aliphatic rings. The topological polar surface area (TPSA) is 399 Å². The minimum absolute atomic E-state index is 0.0237. The highest BCUT2D eigenvalue weighted by molar-refractivity contribution is 7.90. The highest BCUT2D eigenvalue weighted by atomic mass is 35.5. The number of aryl methyl sites for hydroxylation is 5. The Balaban J connectivity index is 0.000000175. The largest absolute Gasteiger partial charge is 0.496 e. The van der Waals surface area contributed by atoms with Crippen molar-refractivity contribution in [2.45, 2.75) is 64.7 Å². The molecule has 6 heterocycles. The summed E-state index contributed by atoms with van der Waals surface area (Å²) in [5.74, 6) is 2.18. The first kappa shape index (κ1) is 88.6. The maximum absolute atomic E-state index is 13.5. The number of hydrogen-bond acceptors (Lipinski definition) is 25. The van der Waals surface area contributed by atoms with E-state index in [-0.39, 0.29) is 41.1 Å². The lowest BCUT2D eigenvalue weighted by atomic mass is 10.0. The third kappa shape index (κ3) is 26.0. The van der Waals surface area contributed by atoms with Crippen LogP contribution in [0.15, 0.2) is 181 Å². The minimum atomic E-state index is -3.21. The number of hydrogen-bond donors (Lipinski definition) is 9. The number of nitrogens with zero attached hydrogens (tertiary/aromatic N) is 12. The molecule has 25 nitrogen and oxygen atoms in total. The lowest BCUT2D eigenvalue weighted by molar-refractivity contribution is 0.413. The van der Waals surface area contributed by atoms with E-state index in [0.29, 0.717) is 99.7 Å². The minimum Gasteiger partial charge on any atom is -0.496 e. The number of aromatic nitrogens is 12. The fraction of sp³-hybridized carbons (Fsp3) is 0.185. The Morgan fingerprint density at radius 1 is 0.409 bits per heavy atom. The zero-order valence-electron chi connectivity index (χ0n) is 63.9. The van der Waals surface area contributed by atoms with Crippen molar-refractivity contribution in [3.8, 4) is 79.0 Å². The summed E-state index contributed by atoms with van der Waals surface area (Å²) in [5.41, 5.74) is 46.8. The van der Waals surface area contributed by atoms with Crippen molar-refractivity contribution >= 4 is 121 Å². The molecule has 0 aliphatic carbocycles. The molecule has 0 atom stereocenters. The van der Waals surface area contributed by atoms with Crippen LogP contribution in [0.3, 0.4) is 0 Å². The molecule has 0 aliphatic heterocycles. The molecule has 6 aromatic heterocycles. The number of nitrogens with one attached hydrogen (secondary N) is 3. The van der Waals surface area contributed by atoms with E-state index in [4.69, 9.17) is 102 Å². The van der Waals surface area contributed by atoms with E-state index in [0.717, 1.165) is 106 Å². The number of benzene rings is 7. The van der Waals surface area contributed by atoms with Crippen LogP contribution in [0.2, 0.25) is 25.1 Å². The SMILES string of the molecule is CCc1cc(-c2cc(Cl)ccc2C)nc(N)n1.CCc1cc(-c2cc(Cl)ccc2OC)nc(N)n1.CCc1cc(-c2ccccc2Cl)nc(N)n1.CNc1cc(-c2ccc(F)cc2F)nc(N)n1.CNc1cc(-c2ccc(F)cc2OC)nc(N)n1.CS(=O)(=O)c1cccc(CCCNc2cc(-c3cccc(Cl)c3Cl)nc(N)n2)c1. The molecule has 0 amide bonds. The average molecular weight is 1680 g/mol. The van der Waals surface area contributed by atoms with Crippen molar-refractivity contribution in [1.82, 2.24) is 59.8 Å². The van der Waals surface area contributed by atoms with Crippen LogP contribution in [0.1, 0.15) is 55.4 Å². The molecule has 0 bridgehead atoms. The smallest absolute Gasteiger partial charge is 0.222 e. The van der Waals surface area contributed by atoms with E-state index >= 15 is 0 Å². The third-order valence-electron chi connectivity index (χ3n) is 16.4. The normalized spacial score (nSPS) is 10.6. The van der Waals surface area contributed by atoms with Crippen LogP contribution in [-0.2, 0) is 35.5 Å². The van der Waals surface area contributed by atoms with Gasteiger partial charge in [0.2, 0.25) is 35.7 Å². The first-order valence-corrected chi connectivity index (χ1v) is 39.0. The first-order chi connectivity index (χ1) is 54.9. The summed E-state index contributed by atoms with van der Waals surface area (Å²) in [6.07, 6.45) is 5.16. The van der Waals surface area contributed by atoms with Crippen LogP contribution in [0.25, 0.3) is 67.5 Å². The van der Waals surface area contributed by atoms with Crippen LogP contribution in [0, 0.1) is 24.4 Å². The number of nitrogen functional groups attached to an aromatic ring is 6. The van der Waals surface area contributed by atoms with Gasteiger partial charge in [0.1, 0.15) is 46.4 Å². The number of sulfone groups is 1. The second-order valence-corrected chi connectivity index (χ2v) is 28.7. The molecule has 0 saturated heterocycles. The second kappa shape index (κ2) is 42.2. The van der Waals surface area contributed by atoms with E-state index in [2.05, 4.69) is 75.8 Å². The van der Waals surface area contributed by atoms with Crippen molar-refractivity contribution in [3.05, 3.63) is 247 Å². The number of ether oxygens (including phenoxy) is 2. The molecule has 0 unspecified atom stereocenters. The molecule has 598 valence electrons. The summed E-state index contributed by atoms with van der Waals surface area (Å²) in [4.78, 5) is 49.8. The van der Waals surface area contributed by atoms with E-state index in [9.17, 15) is 21.6 Å². The predicted octanol–water partition coefficient (Wildman–Crippen LogP) is 17.6. The van der Waals surface area contributed by atoms with Crippen LogP contribution in [0.4, 0.5) is 66.3 Å². The van der Waals surface area contributed by atoms with Gasteiger partial charge in [0.15, 0.2) is 9.84 Å². The Labute approximate surface area is 689 Å². The fourth-order valence-corrected chi connectivity index (χ4v) is 12.5. The van der Waals surface area contributed by atoms with Gasteiger partial charge < -0.3 is 59.8 Å². The summed E-state index contributed by atoms with van der Waals surface area (Å²) in [7, 11) is 3.26. The number of halogens is 8. The number of anilines is 9. The van der Waals surface area contributed by atoms with Crippen LogP contribution >= 0.6 is 58.0 Å². The van der Waals surface area contributed by atoms with Gasteiger partial charge >= 0.3 is 0 Å². The summed E-state index contributed by atoms with van der Waals surface area (Å²) >= 11 is 30.5. The maximum atomic E-state index is 13.5. The van der Waals surface area contributed by atoms with Gasteiger partial charge in [-0.3, -0.25) is 0 Å².